The van der Waals surface area contributed by atoms with Crippen molar-refractivity contribution in [1.82, 2.24) is 4.98 Å². The van der Waals surface area contributed by atoms with Gasteiger partial charge in [0, 0.05) is 22.6 Å². The lowest BCUT2D eigenvalue weighted by Crippen LogP contribution is -2.26. The molecule has 0 spiro atoms. The van der Waals surface area contributed by atoms with Crippen LogP contribution in [-0.4, -0.2) is 10.5 Å². The van der Waals surface area contributed by atoms with Gasteiger partial charge in [-0.15, -0.1) is 0 Å². The summed E-state index contributed by atoms with van der Waals surface area (Å²) in [5.41, 5.74) is 0.581. The number of hydrogen-bond acceptors (Lipinski definition) is 2. The van der Waals surface area contributed by atoms with E-state index < -0.39 is 11.6 Å². The number of fused-ring (bicyclic) bond motifs is 1. The summed E-state index contributed by atoms with van der Waals surface area (Å²) >= 11 is 0. The van der Waals surface area contributed by atoms with Gasteiger partial charge in [0.2, 0.25) is 0 Å². The van der Waals surface area contributed by atoms with E-state index in [1.54, 1.807) is 0 Å². The number of hydrogen-bond donors (Lipinski definition) is 1. The van der Waals surface area contributed by atoms with E-state index in [2.05, 4.69) is 10.3 Å². The number of rotatable bonds is 2. The molecule has 0 atom stereocenters. The highest BCUT2D eigenvalue weighted by atomic mass is 19.1. The monoisotopic (exact) mass is 312 g/mol. The minimum atomic E-state index is -0.616. The summed E-state index contributed by atoms with van der Waals surface area (Å²) < 4.78 is 27.3. The lowest BCUT2D eigenvalue weighted by Gasteiger charge is -2.23. The van der Waals surface area contributed by atoms with Crippen molar-refractivity contribution in [3.63, 3.8) is 0 Å². The van der Waals surface area contributed by atoms with Crippen molar-refractivity contribution in [2.24, 2.45) is 0 Å². The highest BCUT2D eigenvalue weighted by Gasteiger charge is 2.16. The van der Waals surface area contributed by atoms with Crippen LogP contribution in [0.3, 0.4) is 0 Å². The Balaban J connectivity index is 2.22. The smallest absolute Gasteiger partial charge is 0.135 e. The zero-order valence-electron chi connectivity index (χ0n) is 13.3. The molecule has 1 N–H and O–H groups in total. The highest BCUT2D eigenvalue weighted by molar-refractivity contribution is 5.94. The molecule has 1 aromatic heterocycles. The molecule has 0 aliphatic carbocycles. The first kappa shape index (κ1) is 15.4. The van der Waals surface area contributed by atoms with Crippen molar-refractivity contribution in [3.05, 3.63) is 60.2 Å². The van der Waals surface area contributed by atoms with Crippen molar-refractivity contribution in [3.8, 4) is 11.3 Å². The Kier molecular flexibility index (Phi) is 3.76. The normalized spacial score (nSPS) is 11.7. The van der Waals surface area contributed by atoms with Crippen LogP contribution in [-0.2, 0) is 0 Å². The number of halogens is 2. The third-order valence-corrected chi connectivity index (χ3v) is 3.44. The molecule has 0 saturated heterocycles. The van der Waals surface area contributed by atoms with E-state index in [1.165, 1.54) is 12.1 Å². The molecular weight excluding hydrogens is 294 g/mol. The van der Waals surface area contributed by atoms with Crippen LogP contribution >= 0.6 is 0 Å². The quantitative estimate of drug-likeness (QED) is 0.686. The fraction of sp³-hybridized carbons (Fsp3) is 0.211. The average molecular weight is 312 g/mol. The SMILES string of the molecule is CC(C)(C)Nc1nc(-c2ccc(F)cc2F)cc2ccccc12. The van der Waals surface area contributed by atoms with Crippen molar-refractivity contribution in [2.45, 2.75) is 26.3 Å². The summed E-state index contributed by atoms with van der Waals surface area (Å²) in [7, 11) is 0. The summed E-state index contributed by atoms with van der Waals surface area (Å²) in [6, 6.07) is 13.2. The molecule has 118 valence electrons. The van der Waals surface area contributed by atoms with Crippen molar-refractivity contribution in [2.75, 3.05) is 5.32 Å². The van der Waals surface area contributed by atoms with Crippen LogP contribution in [0.15, 0.2) is 48.5 Å². The van der Waals surface area contributed by atoms with Crippen molar-refractivity contribution < 1.29 is 8.78 Å². The van der Waals surface area contributed by atoms with E-state index in [1.807, 2.05) is 51.1 Å². The molecule has 0 unspecified atom stereocenters. The van der Waals surface area contributed by atoms with E-state index >= 15 is 0 Å². The van der Waals surface area contributed by atoms with Gasteiger partial charge in [0.1, 0.15) is 17.5 Å². The van der Waals surface area contributed by atoms with Gasteiger partial charge in [-0.3, -0.25) is 0 Å². The fourth-order valence-electron chi connectivity index (χ4n) is 2.48. The van der Waals surface area contributed by atoms with Gasteiger partial charge >= 0.3 is 0 Å². The first-order chi connectivity index (χ1) is 10.8. The largest absolute Gasteiger partial charge is 0.365 e. The third-order valence-electron chi connectivity index (χ3n) is 3.44. The zero-order chi connectivity index (χ0) is 16.6. The standard InChI is InChI=1S/C19H18F2N2/c1-19(2,3)23-18-14-7-5-4-6-12(14)10-17(22-18)15-9-8-13(20)11-16(15)21/h4-11H,1-3H3,(H,22,23). The maximum Gasteiger partial charge on any atom is 0.135 e. The van der Waals surface area contributed by atoms with Crippen LogP contribution in [0.25, 0.3) is 22.0 Å². The Labute approximate surface area is 134 Å². The maximum absolute atomic E-state index is 14.1. The number of pyridine rings is 1. The molecule has 0 aliphatic heterocycles. The number of aromatic nitrogens is 1. The first-order valence-electron chi connectivity index (χ1n) is 7.47. The van der Waals surface area contributed by atoms with Crippen molar-refractivity contribution >= 4 is 16.6 Å². The van der Waals surface area contributed by atoms with Crippen LogP contribution in [0.5, 0.6) is 0 Å². The molecule has 2 nitrogen and oxygen atoms in total. The lowest BCUT2D eigenvalue weighted by molar-refractivity contribution is 0.585. The third kappa shape index (κ3) is 3.31. The summed E-state index contributed by atoms with van der Waals surface area (Å²) in [5, 5.41) is 5.28. The zero-order valence-corrected chi connectivity index (χ0v) is 13.3. The molecule has 0 saturated carbocycles. The van der Waals surface area contributed by atoms with Gasteiger partial charge in [-0.05, 0) is 44.4 Å². The first-order valence-corrected chi connectivity index (χ1v) is 7.47. The molecule has 0 fully saturated rings. The molecule has 0 bridgehead atoms. The highest BCUT2D eigenvalue weighted by Crippen LogP contribution is 2.30. The summed E-state index contributed by atoms with van der Waals surface area (Å²) in [6.07, 6.45) is 0. The second-order valence-electron chi connectivity index (χ2n) is 6.58. The van der Waals surface area contributed by atoms with Gasteiger partial charge in [-0.1, -0.05) is 24.3 Å². The van der Waals surface area contributed by atoms with E-state index in [0.29, 0.717) is 11.5 Å². The van der Waals surface area contributed by atoms with Crippen LogP contribution in [0.2, 0.25) is 0 Å². The van der Waals surface area contributed by atoms with E-state index in [-0.39, 0.29) is 11.1 Å². The van der Waals surface area contributed by atoms with Gasteiger partial charge in [0.05, 0.1) is 5.69 Å². The Morgan fingerprint density at radius 1 is 0.957 bits per heavy atom. The minimum absolute atomic E-state index is 0.185. The number of benzene rings is 2. The molecule has 3 rings (SSSR count). The van der Waals surface area contributed by atoms with Crippen LogP contribution in [0.4, 0.5) is 14.6 Å². The lowest BCUT2D eigenvalue weighted by atomic mass is 10.0. The topological polar surface area (TPSA) is 24.9 Å². The van der Waals surface area contributed by atoms with Gasteiger partial charge in [0.25, 0.3) is 0 Å². The van der Waals surface area contributed by atoms with Crippen LogP contribution in [0.1, 0.15) is 20.8 Å². The second kappa shape index (κ2) is 5.61. The van der Waals surface area contributed by atoms with Gasteiger partial charge in [0.15, 0.2) is 0 Å². The van der Waals surface area contributed by atoms with Gasteiger partial charge in [-0.25, -0.2) is 13.8 Å². The fourth-order valence-corrected chi connectivity index (χ4v) is 2.48. The Morgan fingerprint density at radius 3 is 2.39 bits per heavy atom. The van der Waals surface area contributed by atoms with Crippen LogP contribution in [0, 0.1) is 11.6 Å². The van der Waals surface area contributed by atoms with E-state index in [4.69, 9.17) is 0 Å². The van der Waals surface area contributed by atoms with Crippen LogP contribution < -0.4 is 5.32 Å². The molecule has 1 heterocycles. The second-order valence-corrected chi connectivity index (χ2v) is 6.58. The predicted octanol–water partition coefficient (Wildman–Crippen LogP) is 5.39. The predicted molar refractivity (Wildman–Crippen MR) is 90.5 cm³/mol. The minimum Gasteiger partial charge on any atom is -0.365 e. The molecule has 0 amide bonds. The maximum atomic E-state index is 14.1. The molecule has 3 aromatic rings. The number of nitrogens with zero attached hydrogens (tertiary/aromatic N) is 1. The Hall–Kier alpha value is -2.49. The Bertz CT molecular complexity index is 867. The van der Waals surface area contributed by atoms with Gasteiger partial charge < -0.3 is 5.32 Å². The molecule has 4 heteroatoms. The van der Waals surface area contributed by atoms with Crippen molar-refractivity contribution in [1.29, 1.82) is 0 Å². The summed E-state index contributed by atoms with van der Waals surface area (Å²) in [4.78, 5) is 4.57. The summed E-state index contributed by atoms with van der Waals surface area (Å²) in [5.74, 6) is -0.524. The molecule has 23 heavy (non-hydrogen) atoms. The van der Waals surface area contributed by atoms with E-state index in [9.17, 15) is 8.78 Å². The summed E-state index contributed by atoms with van der Waals surface area (Å²) in [6.45, 7) is 6.11. The molecule has 2 aromatic carbocycles. The van der Waals surface area contributed by atoms with E-state index in [0.717, 1.165) is 16.8 Å². The average Bonchev–Trinajstić information content (AvgIpc) is 2.45. The number of anilines is 1. The number of nitrogens with one attached hydrogen (secondary N) is 1. The Morgan fingerprint density at radius 2 is 1.70 bits per heavy atom. The molecule has 0 aliphatic rings. The molecule has 0 radical (unpaired) electrons. The molecular formula is C19H18F2N2. The van der Waals surface area contributed by atoms with Gasteiger partial charge in [-0.2, -0.15) is 0 Å².